The average Bonchev–Trinajstić information content (AvgIpc) is 3.01. The maximum atomic E-state index is 2.51. The molecule has 0 unspecified atom stereocenters. The van der Waals surface area contributed by atoms with Gasteiger partial charge in [-0.2, -0.15) is 0 Å². The first-order chi connectivity index (χ1) is 20.8. The highest BCUT2D eigenvalue weighted by molar-refractivity contribution is 8.00. The molecule has 2 aliphatic heterocycles. The van der Waals surface area contributed by atoms with Crippen molar-refractivity contribution in [3.63, 3.8) is 0 Å². The highest BCUT2D eigenvalue weighted by atomic mass is 32.2. The highest BCUT2D eigenvalue weighted by Gasteiger charge is 2.36. The van der Waals surface area contributed by atoms with Crippen LogP contribution in [0.5, 0.6) is 0 Å². The van der Waals surface area contributed by atoms with Crippen LogP contribution in [-0.2, 0) is 0 Å². The summed E-state index contributed by atoms with van der Waals surface area (Å²) in [5.74, 6) is 1.38. The fourth-order valence-corrected chi connectivity index (χ4v) is 8.95. The van der Waals surface area contributed by atoms with Gasteiger partial charge in [0.2, 0.25) is 6.71 Å². The van der Waals surface area contributed by atoms with Gasteiger partial charge in [0.1, 0.15) is 0 Å². The SMILES string of the molecule is CC(C)c1cc(C(C)C)c(B2c3ccccc3Sc3cc(N4c5ccccc5Sc5ccccc54)ccc32)c(C(C)C)c1. The van der Waals surface area contributed by atoms with Crippen molar-refractivity contribution in [2.45, 2.75) is 78.9 Å². The zero-order valence-corrected chi connectivity index (χ0v) is 27.5. The molecule has 0 aromatic heterocycles. The number of benzene rings is 5. The third kappa shape index (κ3) is 4.93. The number of para-hydroxylation sites is 2. The van der Waals surface area contributed by atoms with Crippen molar-refractivity contribution >= 4 is 63.7 Å². The van der Waals surface area contributed by atoms with Gasteiger partial charge in [0.25, 0.3) is 0 Å². The predicted octanol–water partition coefficient (Wildman–Crippen LogP) is 9.97. The van der Waals surface area contributed by atoms with Crippen molar-refractivity contribution in [3.05, 3.63) is 120 Å². The van der Waals surface area contributed by atoms with Crippen molar-refractivity contribution in [3.8, 4) is 0 Å². The Kier molecular flexibility index (Phi) is 7.47. The van der Waals surface area contributed by atoms with Gasteiger partial charge in [0.05, 0.1) is 11.4 Å². The summed E-state index contributed by atoms with van der Waals surface area (Å²) in [7, 11) is 0. The van der Waals surface area contributed by atoms with E-state index in [1.54, 1.807) is 0 Å². The molecule has 0 aliphatic carbocycles. The molecule has 5 aromatic rings. The Morgan fingerprint density at radius 3 is 1.60 bits per heavy atom. The van der Waals surface area contributed by atoms with E-state index >= 15 is 0 Å². The van der Waals surface area contributed by atoms with Gasteiger partial charge in [0.15, 0.2) is 0 Å². The Labute approximate surface area is 266 Å². The van der Waals surface area contributed by atoms with Gasteiger partial charge < -0.3 is 4.90 Å². The van der Waals surface area contributed by atoms with E-state index in [9.17, 15) is 0 Å². The molecule has 0 spiro atoms. The average molecular weight is 596 g/mol. The standard InChI is InChI=1S/C39H38BNS2/c1-24(2)27-21-29(25(3)4)39(30(22-27)26(5)6)40-31-13-7-10-16-35(31)42-38-23-28(19-20-32(38)40)41-33-14-8-11-17-36(33)43-37-18-12-9-15-34(37)41/h7-26H,1-6H3. The summed E-state index contributed by atoms with van der Waals surface area (Å²) in [6.45, 7) is 14.3. The monoisotopic (exact) mass is 595 g/mol. The van der Waals surface area contributed by atoms with E-state index in [0.717, 1.165) is 0 Å². The predicted molar refractivity (Wildman–Crippen MR) is 189 cm³/mol. The molecule has 0 N–H and O–H groups in total. The Hall–Kier alpha value is -3.34. The van der Waals surface area contributed by atoms with Crippen LogP contribution in [0.2, 0.25) is 0 Å². The first-order valence-corrected chi connectivity index (χ1v) is 17.2. The van der Waals surface area contributed by atoms with Crippen LogP contribution in [0.1, 0.15) is 76.0 Å². The van der Waals surface area contributed by atoms with Crippen LogP contribution >= 0.6 is 23.5 Å². The van der Waals surface area contributed by atoms with Crippen molar-refractivity contribution in [1.82, 2.24) is 0 Å². The van der Waals surface area contributed by atoms with Crippen molar-refractivity contribution in [2.75, 3.05) is 4.90 Å². The zero-order valence-electron chi connectivity index (χ0n) is 25.9. The second kappa shape index (κ2) is 11.3. The molecule has 2 aliphatic rings. The van der Waals surface area contributed by atoms with E-state index in [1.807, 2.05) is 23.5 Å². The van der Waals surface area contributed by atoms with E-state index in [1.165, 1.54) is 69.7 Å². The maximum Gasteiger partial charge on any atom is 0.244 e. The summed E-state index contributed by atoms with van der Waals surface area (Å²) in [6, 6.07) is 38.9. The minimum atomic E-state index is 0.203. The minimum absolute atomic E-state index is 0.203. The first kappa shape index (κ1) is 28.4. The van der Waals surface area contributed by atoms with Crippen LogP contribution < -0.4 is 21.3 Å². The lowest BCUT2D eigenvalue weighted by atomic mass is 9.34. The Morgan fingerprint density at radius 2 is 1.02 bits per heavy atom. The third-order valence-corrected chi connectivity index (χ3v) is 11.2. The van der Waals surface area contributed by atoms with Gasteiger partial charge in [-0.15, -0.1) is 0 Å². The summed E-state index contributed by atoms with van der Waals surface area (Å²) in [5.41, 5.74) is 12.5. The van der Waals surface area contributed by atoms with Crippen LogP contribution in [0.15, 0.2) is 123 Å². The topological polar surface area (TPSA) is 3.24 Å². The summed E-state index contributed by atoms with van der Waals surface area (Å²) in [6.07, 6.45) is 0. The van der Waals surface area contributed by atoms with Crippen LogP contribution in [0.4, 0.5) is 17.1 Å². The van der Waals surface area contributed by atoms with Crippen LogP contribution in [0.25, 0.3) is 0 Å². The van der Waals surface area contributed by atoms with Crippen LogP contribution in [-0.4, -0.2) is 6.71 Å². The van der Waals surface area contributed by atoms with Crippen molar-refractivity contribution in [1.29, 1.82) is 0 Å². The Morgan fingerprint density at radius 1 is 0.512 bits per heavy atom. The summed E-state index contributed by atoms with van der Waals surface area (Å²) in [5, 5.41) is 0. The molecule has 0 atom stereocenters. The minimum Gasteiger partial charge on any atom is -0.308 e. The first-order valence-electron chi connectivity index (χ1n) is 15.6. The molecule has 5 aromatic carbocycles. The molecule has 43 heavy (non-hydrogen) atoms. The van der Waals surface area contributed by atoms with Crippen LogP contribution in [0, 0.1) is 0 Å². The molecular formula is C39H38BNS2. The summed E-state index contributed by atoms with van der Waals surface area (Å²) >= 11 is 3.79. The van der Waals surface area contributed by atoms with E-state index in [0.29, 0.717) is 17.8 Å². The lowest BCUT2D eigenvalue weighted by Gasteiger charge is -2.35. The Bertz CT molecular complexity index is 1770. The largest absolute Gasteiger partial charge is 0.308 e. The number of rotatable bonds is 5. The lowest BCUT2D eigenvalue weighted by molar-refractivity contribution is 0.812. The lowest BCUT2D eigenvalue weighted by Crippen LogP contribution is -2.57. The van der Waals surface area contributed by atoms with Gasteiger partial charge in [-0.05, 0) is 76.9 Å². The van der Waals surface area contributed by atoms with Crippen LogP contribution in [0.3, 0.4) is 0 Å². The maximum absolute atomic E-state index is 2.51. The van der Waals surface area contributed by atoms with E-state index in [-0.39, 0.29) is 6.71 Å². The molecule has 214 valence electrons. The molecule has 0 bridgehead atoms. The van der Waals surface area contributed by atoms with Crippen molar-refractivity contribution < 1.29 is 0 Å². The number of nitrogens with zero attached hydrogens (tertiary/aromatic N) is 1. The molecule has 7 rings (SSSR count). The third-order valence-electron chi connectivity index (χ3n) is 8.91. The summed E-state index contributed by atoms with van der Waals surface area (Å²) in [4.78, 5) is 7.76. The van der Waals surface area contributed by atoms with E-state index in [2.05, 4.69) is 150 Å². The molecule has 4 heteroatoms. The molecule has 0 saturated carbocycles. The summed E-state index contributed by atoms with van der Waals surface area (Å²) < 4.78 is 0. The number of hydrogen-bond donors (Lipinski definition) is 0. The zero-order chi connectivity index (χ0) is 29.8. The molecule has 0 radical (unpaired) electrons. The molecule has 0 fully saturated rings. The molecule has 0 amide bonds. The van der Waals surface area contributed by atoms with Gasteiger partial charge in [0, 0.05) is 25.3 Å². The van der Waals surface area contributed by atoms with Crippen molar-refractivity contribution in [2.24, 2.45) is 0 Å². The number of fused-ring (bicyclic) bond motifs is 4. The van der Waals surface area contributed by atoms with Gasteiger partial charge in [-0.3, -0.25) is 0 Å². The van der Waals surface area contributed by atoms with Gasteiger partial charge in [-0.1, -0.05) is 142 Å². The van der Waals surface area contributed by atoms with Gasteiger partial charge in [-0.25, -0.2) is 0 Å². The quantitative estimate of drug-likeness (QED) is 0.182. The van der Waals surface area contributed by atoms with E-state index < -0.39 is 0 Å². The smallest absolute Gasteiger partial charge is 0.244 e. The fourth-order valence-electron chi connectivity index (χ4n) is 6.73. The number of hydrogen-bond acceptors (Lipinski definition) is 3. The van der Waals surface area contributed by atoms with Gasteiger partial charge >= 0.3 is 0 Å². The Balaban J connectivity index is 1.45. The van der Waals surface area contributed by atoms with E-state index in [4.69, 9.17) is 0 Å². The fraction of sp³-hybridized carbons (Fsp3) is 0.231. The molecule has 0 saturated heterocycles. The normalized spacial score (nSPS) is 13.7. The molecule has 1 nitrogen and oxygen atoms in total. The number of anilines is 3. The molecule has 2 heterocycles. The second-order valence-electron chi connectivity index (χ2n) is 12.7. The highest BCUT2D eigenvalue weighted by Crippen LogP contribution is 2.51. The second-order valence-corrected chi connectivity index (χ2v) is 14.9. The molecular weight excluding hydrogens is 557 g/mol.